The van der Waals surface area contributed by atoms with Crippen molar-refractivity contribution in [1.82, 2.24) is 10.2 Å². The van der Waals surface area contributed by atoms with Crippen molar-refractivity contribution < 1.29 is 9.59 Å². The van der Waals surface area contributed by atoms with Crippen LogP contribution in [0, 0.1) is 0 Å². The Balaban J connectivity index is 2.11. The van der Waals surface area contributed by atoms with Gasteiger partial charge in [-0.25, -0.2) is 0 Å². The molecule has 2 amide bonds. The molecule has 0 aliphatic heterocycles. The van der Waals surface area contributed by atoms with E-state index in [4.69, 9.17) is 34.8 Å². The van der Waals surface area contributed by atoms with Crippen LogP contribution in [0.3, 0.4) is 0 Å². The van der Waals surface area contributed by atoms with Gasteiger partial charge in [-0.05, 0) is 41.8 Å². The number of hydrogen-bond donors (Lipinski definition) is 1. The summed E-state index contributed by atoms with van der Waals surface area (Å²) in [7, 11) is 1.57. The van der Waals surface area contributed by atoms with E-state index >= 15 is 0 Å². The van der Waals surface area contributed by atoms with Crippen LogP contribution in [0.5, 0.6) is 0 Å². The zero-order valence-electron chi connectivity index (χ0n) is 16.3. The Morgan fingerprint density at radius 1 is 1.03 bits per heavy atom. The SMILES string of the molecule is CC[C@H](C(=O)NC)N(Cc1ccc(Cl)c(Cl)c1)C(=O)CSCc1ccc(Cl)cc1. The first-order valence-corrected chi connectivity index (χ1v) is 11.4. The Hall–Kier alpha value is -1.40. The zero-order chi connectivity index (χ0) is 21.4. The lowest BCUT2D eigenvalue weighted by atomic mass is 10.1. The van der Waals surface area contributed by atoms with Crippen molar-refractivity contribution in [3.63, 3.8) is 0 Å². The maximum Gasteiger partial charge on any atom is 0.242 e. The Morgan fingerprint density at radius 2 is 1.69 bits per heavy atom. The molecule has 0 aliphatic carbocycles. The van der Waals surface area contributed by atoms with Crippen LogP contribution in [-0.2, 0) is 21.9 Å². The Kier molecular flexibility index (Phi) is 9.63. The molecule has 0 heterocycles. The van der Waals surface area contributed by atoms with Crippen molar-refractivity contribution in [2.75, 3.05) is 12.8 Å². The average molecular weight is 474 g/mol. The molecule has 2 rings (SSSR count). The highest BCUT2D eigenvalue weighted by Crippen LogP contribution is 2.24. The largest absolute Gasteiger partial charge is 0.357 e. The van der Waals surface area contributed by atoms with Crippen molar-refractivity contribution in [1.29, 1.82) is 0 Å². The number of amides is 2. The Bertz CT molecular complexity index is 846. The molecule has 0 unspecified atom stereocenters. The average Bonchev–Trinajstić information content (AvgIpc) is 2.71. The van der Waals surface area contributed by atoms with Gasteiger partial charge in [-0.3, -0.25) is 9.59 Å². The van der Waals surface area contributed by atoms with E-state index in [1.165, 1.54) is 11.8 Å². The minimum atomic E-state index is -0.557. The monoisotopic (exact) mass is 472 g/mol. The Morgan fingerprint density at radius 3 is 2.28 bits per heavy atom. The summed E-state index contributed by atoms with van der Waals surface area (Å²) in [5, 5.41) is 4.19. The van der Waals surface area contributed by atoms with Crippen molar-refractivity contribution >= 4 is 58.4 Å². The molecule has 2 aromatic rings. The third-order valence-electron chi connectivity index (χ3n) is 4.38. The van der Waals surface area contributed by atoms with Crippen molar-refractivity contribution in [3.05, 3.63) is 68.7 Å². The van der Waals surface area contributed by atoms with Crippen LogP contribution in [0.15, 0.2) is 42.5 Å². The van der Waals surface area contributed by atoms with E-state index in [1.807, 2.05) is 37.3 Å². The number of nitrogens with zero attached hydrogens (tertiary/aromatic N) is 1. The standard InChI is InChI=1S/C21H23Cl3N2O2S/c1-3-19(21(28)25-2)26(11-15-6-9-17(23)18(24)10-15)20(27)13-29-12-14-4-7-16(22)8-5-14/h4-10,19H,3,11-13H2,1-2H3,(H,25,28)/t19-/m1/s1. The molecule has 0 saturated carbocycles. The summed E-state index contributed by atoms with van der Waals surface area (Å²) < 4.78 is 0. The Labute approximate surface area is 190 Å². The van der Waals surface area contributed by atoms with E-state index in [9.17, 15) is 9.59 Å². The number of hydrogen-bond acceptors (Lipinski definition) is 3. The first-order valence-electron chi connectivity index (χ1n) is 9.12. The van der Waals surface area contributed by atoms with Crippen molar-refractivity contribution in [2.24, 2.45) is 0 Å². The number of benzene rings is 2. The van der Waals surface area contributed by atoms with E-state index < -0.39 is 6.04 Å². The van der Waals surface area contributed by atoms with Crippen molar-refractivity contribution in [2.45, 2.75) is 31.7 Å². The smallest absolute Gasteiger partial charge is 0.242 e. The molecule has 2 aromatic carbocycles. The second kappa shape index (κ2) is 11.7. The molecule has 0 saturated heterocycles. The molecule has 0 spiro atoms. The van der Waals surface area contributed by atoms with Gasteiger partial charge in [-0.15, -0.1) is 11.8 Å². The molecule has 0 aromatic heterocycles. The highest BCUT2D eigenvalue weighted by molar-refractivity contribution is 7.99. The number of carbonyl (C=O) groups excluding carboxylic acids is 2. The summed E-state index contributed by atoms with van der Waals surface area (Å²) in [5.41, 5.74) is 1.90. The number of carbonyl (C=O) groups is 2. The number of halogens is 3. The van der Waals surface area contributed by atoms with Crippen LogP contribution in [0.4, 0.5) is 0 Å². The molecule has 0 fully saturated rings. The van der Waals surface area contributed by atoms with Gasteiger partial charge in [0, 0.05) is 24.4 Å². The van der Waals surface area contributed by atoms with Crippen LogP contribution in [-0.4, -0.2) is 35.6 Å². The van der Waals surface area contributed by atoms with Crippen LogP contribution >= 0.6 is 46.6 Å². The highest BCUT2D eigenvalue weighted by atomic mass is 35.5. The van der Waals surface area contributed by atoms with Gasteiger partial charge in [0.1, 0.15) is 6.04 Å². The lowest BCUT2D eigenvalue weighted by Crippen LogP contribution is -2.48. The van der Waals surface area contributed by atoms with E-state index in [0.29, 0.717) is 27.2 Å². The third kappa shape index (κ3) is 7.10. The first kappa shape index (κ1) is 23.9. The van der Waals surface area contributed by atoms with E-state index in [2.05, 4.69) is 5.32 Å². The maximum atomic E-state index is 13.0. The predicted molar refractivity (Wildman–Crippen MR) is 123 cm³/mol. The summed E-state index contributed by atoms with van der Waals surface area (Å²) in [6, 6.07) is 12.2. The van der Waals surface area contributed by atoms with Crippen LogP contribution in [0.25, 0.3) is 0 Å². The fraction of sp³-hybridized carbons (Fsp3) is 0.333. The maximum absolute atomic E-state index is 13.0. The van der Waals surface area contributed by atoms with Gasteiger partial charge in [0.25, 0.3) is 0 Å². The molecule has 0 bridgehead atoms. The summed E-state index contributed by atoms with van der Waals surface area (Å²) in [5.74, 6) is 0.645. The minimum Gasteiger partial charge on any atom is -0.357 e. The lowest BCUT2D eigenvalue weighted by molar-refractivity contribution is -0.139. The zero-order valence-corrected chi connectivity index (χ0v) is 19.3. The molecule has 4 nitrogen and oxygen atoms in total. The summed E-state index contributed by atoms with van der Waals surface area (Å²) >= 11 is 19.5. The van der Waals surface area contributed by atoms with E-state index in [1.54, 1.807) is 24.1 Å². The van der Waals surface area contributed by atoms with Gasteiger partial charge >= 0.3 is 0 Å². The quantitative estimate of drug-likeness (QED) is 0.528. The molecule has 1 N–H and O–H groups in total. The molecular formula is C21H23Cl3N2O2S. The lowest BCUT2D eigenvalue weighted by Gasteiger charge is -2.30. The second-order valence-corrected chi connectivity index (χ2v) is 8.66. The van der Waals surface area contributed by atoms with Gasteiger partial charge < -0.3 is 10.2 Å². The van der Waals surface area contributed by atoms with Crippen LogP contribution in [0.2, 0.25) is 15.1 Å². The normalized spacial score (nSPS) is 11.8. The number of likely N-dealkylation sites (N-methyl/N-ethyl adjacent to an activating group) is 1. The van der Waals surface area contributed by atoms with Gasteiger partial charge in [0.05, 0.1) is 15.8 Å². The topological polar surface area (TPSA) is 49.4 Å². The number of nitrogens with one attached hydrogen (secondary N) is 1. The molecule has 0 aliphatic rings. The summed E-state index contributed by atoms with van der Waals surface area (Å²) in [6.45, 7) is 2.17. The summed E-state index contributed by atoms with van der Waals surface area (Å²) in [4.78, 5) is 27.0. The van der Waals surface area contributed by atoms with Crippen LogP contribution < -0.4 is 5.32 Å². The fourth-order valence-electron chi connectivity index (χ4n) is 2.84. The molecular weight excluding hydrogens is 451 g/mol. The third-order valence-corrected chi connectivity index (χ3v) is 6.36. The second-order valence-electron chi connectivity index (χ2n) is 6.43. The molecule has 1 atom stereocenters. The fourth-order valence-corrected chi connectivity index (χ4v) is 4.16. The van der Waals surface area contributed by atoms with Crippen molar-refractivity contribution in [3.8, 4) is 0 Å². The molecule has 0 radical (unpaired) electrons. The molecule has 8 heteroatoms. The van der Waals surface area contributed by atoms with Gasteiger partial charge in [-0.2, -0.15) is 0 Å². The van der Waals surface area contributed by atoms with Gasteiger partial charge in [-0.1, -0.05) is 59.9 Å². The highest BCUT2D eigenvalue weighted by Gasteiger charge is 2.27. The minimum absolute atomic E-state index is 0.106. The van der Waals surface area contributed by atoms with Gasteiger partial charge in [0.15, 0.2) is 0 Å². The van der Waals surface area contributed by atoms with Crippen LogP contribution in [0.1, 0.15) is 24.5 Å². The van der Waals surface area contributed by atoms with E-state index in [0.717, 1.165) is 11.1 Å². The first-order chi connectivity index (χ1) is 13.8. The molecule has 29 heavy (non-hydrogen) atoms. The number of rotatable bonds is 9. The predicted octanol–water partition coefficient (Wildman–Crippen LogP) is 5.43. The summed E-state index contributed by atoms with van der Waals surface area (Å²) in [6.07, 6.45) is 0.509. The van der Waals surface area contributed by atoms with Gasteiger partial charge in [0.2, 0.25) is 11.8 Å². The molecule has 156 valence electrons. The number of thioether (sulfide) groups is 1. The van der Waals surface area contributed by atoms with E-state index in [-0.39, 0.29) is 24.1 Å².